The quantitative estimate of drug-likeness (QED) is 0.366. The number of carbonyl (C=O) groups is 1. The number of hydrogen-bond acceptors (Lipinski definition) is 7. The molecule has 3 heterocycles. The van der Waals surface area contributed by atoms with Gasteiger partial charge in [0.15, 0.2) is 16.3 Å². The molecule has 1 aliphatic heterocycles. The predicted molar refractivity (Wildman–Crippen MR) is 133 cm³/mol. The number of anilines is 1. The average molecular weight is 528 g/mol. The van der Waals surface area contributed by atoms with E-state index in [2.05, 4.69) is 20.8 Å². The van der Waals surface area contributed by atoms with Crippen LogP contribution in [0.3, 0.4) is 0 Å². The lowest BCUT2D eigenvalue weighted by Gasteiger charge is -2.27. The van der Waals surface area contributed by atoms with Crippen molar-refractivity contribution in [3.63, 3.8) is 0 Å². The van der Waals surface area contributed by atoms with Crippen molar-refractivity contribution in [2.24, 2.45) is 0 Å². The summed E-state index contributed by atoms with van der Waals surface area (Å²) in [4.78, 5) is 34.8. The van der Waals surface area contributed by atoms with Gasteiger partial charge in [0, 0.05) is 36.7 Å². The Hall–Kier alpha value is -2.59. The van der Waals surface area contributed by atoms with Crippen LogP contribution in [-0.4, -0.2) is 55.2 Å². The van der Waals surface area contributed by atoms with Crippen LogP contribution in [0, 0.1) is 0 Å². The lowest BCUT2D eigenvalue weighted by Crippen LogP contribution is -2.39. The first kappa shape index (κ1) is 22.2. The molecule has 0 N–H and O–H groups in total. The monoisotopic (exact) mass is 527 g/mol. The number of thiazole rings is 1. The molecule has 0 saturated carbocycles. The number of fused-ring (bicyclic) bond motifs is 2. The number of nitrogens with zero attached hydrogens (tertiary/aromatic N) is 3. The lowest BCUT2D eigenvalue weighted by atomic mass is 10.2. The summed E-state index contributed by atoms with van der Waals surface area (Å²) in [5, 5.41) is 1.05. The number of hydrogen-bond donors (Lipinski definition) is 0. The summed E-state index contributed by atoms with van der Waals surface area (Å²) >= 11 is 4.94. The van der Waals surface area contributed by atoms with Gasteiger partial charge < -0.3 is 9.15 Å². The highest BCUT2D eigenvalue weighted by molar-refractivity contribution is 9.10. The van der Waals surface area contributed by atoms with Crippen LogP contribution < -0.4 is 10.3 Å². The van der Waals surface area contributed by atoms with Gasteiger partial charge in [-0.1, -0.05) is 39.4 Å². The van der Waals surface area contributed by atoms with Crippen LogP contribution >= 0.6 is 27.3 Å². The van der Waals surface area contributed by atoms with E-state index in [-0.39, 0.29) is 17.1 Å². The molecular formula is C24H22BrN3O4S. The summed E-state index contributed by atoms with van der Waals surface area (Å²) in [5.41, 5.74) is 0.987. The van der Waals surface area contributed by atoms with E-state index in [1.54, 1.807) is 29.2 Å². The van der Waals surface area contributed by atoms with Gasteiger partial charge in [-0.15, -0.1) is 0 Å². The molecule has 2 aromatic heterocycles. The van der Waals surface area contributed by atoms with Crippen molar-refractivity contribution in [3.05, 3.63) is 69.0 Å². The third-order valence-electron chi connectivity index (χ3n) is 5.62. The standard InChI is InChI=1S/C24H22BrN3O4S/c25-16-6-7-18-22(14-16)33-24(26-18)28(9-3-8-27-10-12-31-13-11-27)23(30)21-15-19(29)17-4-1-2-5-20(17)32-21/h1-2,4-7,14-15H,3,8-13H2. The number of morpholine rings is 1. The molecule has 0 bridgehead atoms. The second-order valence-corrected chi connectivity index (χ2v) is 9.77. The molecule has 5 rings (SSSR count). The van der Waals surface area contributed by atoms with Crippen molar-refractivity contribution < 1.29 is 13.9 Å². The number of carbonyl (C=O) groups excluding carboxylic acids is 1. The molecule has 2 aromatic carbocycles. The molecule has 1 amide bonds. The summed E-state index contributed by atoms with van der Waals surface area (Å²) in [6.45, 7) is 4.57. The number of ether oxygens (including phenoxy) is 1. The third kappa shape index (κ3) is 4.86. The van der Waals surface area contributed by atoms with Gasteiger partial charge in [-0.3, -0.25) is 19.4 Å². The molecular weight excluding hydrogens is 506 g/mol. The molecule has 170 valence electrons. The molecule has 4 aromatic rings. The highest BCUT2D eigenvalue weighted by atomic mass is 79.9. The highest BCUT2D eigenvalue weighted by Gasteiger charge is 2.24. The van der Waals surface area contributed by atoms with Crippen molar-refractivity contribution in [1.29, 1.82) is 0 Å². The van der Waals surface area contributed by atoms with E-state index in [1.165, 1.54) is 17.4 Å². The molecule has 0 unspecified atom stereocenters. The first-order valence-corrected chi connectivity index (χ1v) is 12.4. The zero-order chi connectivity index (χ0) is 22.8. The Morgan fingerprint density at radius 1 is 1.15 bits per heavy atom. The first-order valence-electron chi connectivity index (χ1n) is 10.8. The maximum absolute atomic E-state index is 13.6. The van der Waals surface area contributed by atoms with Gasteiger partial charge in [0.1, 0.15) is 5.58 Å². The Bertz CT molecular complexity index is 1360. The van der Waals surface area contributed by atoms with Crippen molar-refractivity contribution in [1.82, 2.24) is 9.88 Å². The zero-order valence-electron chi connectivity index (χ0n) is 17.8. The number of amides is 1. The Labute approximate surface area is 202 Å². The second-order valence-electron chi connectivity index (χ2n) is 7.84. The molecule has 1 saturated heterocycles. The third-order valence-corrected chi connectivity index (χ3v) is 7.15. The van der Waals surface area contributed by atoms with Crippen molar-refractivity contribution >= 4 is 59.5 Å². The van der Waals surface area contributed by atoms with Gasteiger partial charge in [-0.05, 0) is 36.8 Å². The van der Waals surface area contributed by atoms with Crippen LogP contribution in [0.15, 0.2) is 62.2 Å². The largest absolute Gasteiger partial charge is 0.451 e. The number of para-hydroxylation sites is 1. The minimum atomic E-state index is -0.363. The van der Waals surface area contributed by atoms with E-state index in [4.69, 9.17) is 14.1 Å². The minimum absolute atomic E-state index is 0.0190. The summed E-state index contributed by atoms with van der Waals surface area (Å²) in [7, 11) is 0. The van der Waals surface area contributed by atoms with Gasteiger partial charge in [0.05, 0.1) is 28.8 Å². The smallest absolute Gasteiger partial charge is 0.295 e. The van der Waals surface area contributed by atoms with Crippen LogP contribution in [0.5, 0.6) is 0 Å². The van der Waals surface area contributed by atoms with Gasteiger partial charge in [0.25, 0.3) is 5.91 Å². The van der Waals surface area contributed by atoms with Crippen molar-refractivity contribution in [2.75, 3.05) is 44.3 Å². The molecule has 9 heteroatoms. The molecule has 1 fully saturated rings. The van der Waals surface area contributed by atoms with E-state index in [0.717, 1.165) is 54.0 Å². The second kappa shape index (κ2) is 9.72. The molecule has 0 spiro atoms. The van der Waals surface area contributed by atoms with E-state index >= 15 is 0 Å². The minimum Gasteiger partial charge on any atom is -0.451 e. The molecule has 0 aliphatic carbocycles. The van der Waals surface area contributed by atoms with Crippen LogP contribution in [0.25, 0.3) is 21.2 Å². The van der Waals surface area contributed by atoms with Gasteiger partial charge >= 0.3 is 0 Å². The topological polar surface area (TPSA) is 75.9 Å². The summed E-state index contributed by atoms with van der Waals surface area (Å²) < 4.78 is 13.2. The summed E-state index contributed by atoms with van der Waals surface area (Å²) in [6.07, 6.45) is 0.767. The fraction of sp³-hybridized carbons (Fsp3) is 0.292. The molecule has 1 aliphatic rings. The van der Waals surface area contributed by atoms with E-state index in [0.29, 0.717) is 22.6 Å². The Kier molecular flexibility index (Phi) is 6.55. The van der Waals surface area contributed by atoms with Crippen LogP contribution in [-0.2, 0) is 4.74 Å². The van der Waals surface area contributed by atoms with Gasteiger partial charge in [-0.2, -0.15) is 0 Å². The Morgan fingerprint density at radius 3 is 2.82 bits per heavy atom. The van der Waals surface area contributed by atoms with E-state index in [9.17, 15) is 9.59 Å². The maximum Gasteiger partial charge on any atom is 0.295 e. The zero-order valence-corrected chi connectivity index (χ0v) is 20.2. The summed E-state index contributed by atoms with van der Waals surface area (Å²) in [5.74, 6) is -0.344. The molecule has 33 heavy (non-hydrogen) atoms. The number of rotatable bonds is 6. The van der Waals surface area contributed by atoms with Crippen molar-refractivity contribution in [3.8, 4) is 0 Å². The number of halogens is 1. The normalized spacial score (nSPS) is 14.7. The first-order chi connectivity index (χ1) is 16.1. The maximum atomic E-state index is 13.6. The highest BCUT2D eigenvalue weighted by Crippen LogP contribution is 2.32. The fourth-order valence-corrected chi connectivity index (χ4v) is 5.45. The van der Waals surface area contributed by atoms with Crippen molar-refractivity contribution in [2.45, 2.75) is 6.42 Å². The van der Waals surface area contributed by atoms with Crippen LogP contribution in [0.2, 0.25) is 0 Å². The SMILES string of the molecule is O=C(c1cc(=O)c2ccccc2o1)N(CCCN1CCOCC1)c1nc2ccc(Br)cc2s1. The van der Waals surface area contributed by atoms with Gasteiger partial charge in [0.2, 0.25) is 0 Å². The molecule has 0 atom stereocenters. The Morgan fingerprint density at radius 2 is 1.97 bits per heavy atom. The summed E-state index contributed by atoms with van der Waals surface area (Å²) in [6, 6.07) is 14.1. The predicted octanol–water partition coefficient (Wildman–Crippen LogP) is 4.53. The van der Waals surface area contributed by atoms with Crippen LogP contribution in [0.1, 0.15) is 17.0 Å². The van der Waals surface area contributed by atoms with Gasteiger partial charge in [-0.25, -0.2) is 4.98 Å². The molecule has 0 radical (unpaired) electrons. The number of benzene rings is 2. The lowest BCUT2D eigenvalue weighted by molar-refractivity contribution is 0.0376. The van der Waals surface area contributed by atoms with E-state index in [1.807, 2.05) is 18.2 Å². The fourth-order valence-electron chi connectivity index (χ4n) is 3.91. The van der Waals surface area contributed by atoms with Crippen LogP contribution in [0.4, 0.5) is 5.13 Å². The average Bonchev–Trinajstić information content (AvgIpc) is 3.25. The van der Waals surface area contributed by atoms with E-state index < -0.39 is 0 Å². The number of aromatic nitrogens is 1. The Balaban J connectivity index is 1.46. The molecule has 7 nitrogen and oxygen atoms in total.